The van der Waals surface area contributed by atoms with Crippen molar-refractivity contribution >= 4 is 11.8 Å². The number of hydrogen-bond acceptors (Lipinski definition) is 3. The largest absolute Gasteiger partial charge is 0.353 e. The summed E-state index contributed by atoms with van der Waals surface area (Å²) in [6.45, 7) is 3.14. The average Bonchev–Trinajstić information content (AvgIpc) is 3.21. The molecule has 1 saturated heterocycles. The van der Waals surface area contributed by atoms with Crippen molar-refractivity contribution in [3.63, 3.8) is 0 Å². The van der Waals surface area contributed by atoms with Gasteiger partial charge in [0.25, 0.3) is 0 Å². The molecule has 4 unspecified atom stereocenters. The van der Waals surface area contributed by atoms with E-state index in [-0.39, 0.29) is 29.8 Å². The highest BCUT2D eigenvalue weighted by atomic mass is 16.2. The molecule has 5 nitrogen and oxygen atoms in total. The Kier molecular flexibility index (Phi) is 5.19. The number of rotatable bonds is 5. The van der Waals surface area contributed by atoms with Crippen LogP contribution < -0.4 is 11.1 Å². The van der Waals surface area contributed by atoms with E-state index >= 15 is 0 Å². The van der Waals surface area contributed by atoms with Crippen molar-refractivity contribution in [1.29, 1.82) is 0 Å². The van der Waals surface area contributed by atoms with Gasteiger partial charge in [-0.05, 0) is 37.8 Å². The third-order valence-electron chi connectivity index (χ3n) is 5.57. The molecule has 0 bridgehead atoms. The number of hydrogen-bond donors (Lipinski definition) is 2. The van der Waals surface area contributed by atoms with Crippen molar-refractivity contribution in [2.45, 2.75) is 44.7 Å². The van der Waals surface area contributed by atoms with Crippen LogP contribution in [0.3, 0.4) is 0 Å². The SMILES string of the molecule is CC(c1ccccc1)N1CC(C(=O)NC2CCCC2CN)CC1=O. The summed E-state index contributed by atoms with van der Waals surface area (Å²) in [5, 5.41) is 3.14. The van der Waals surface area contributed by atoms with Gasteiger partial charge in [0.2, 0.25) is 11.8 Å². The van der Waals surface area contributed by atoms with Gasteiger partial charge in [0.05, 0.1) is 12.0 Å². The number of nitrogens with one attached hydrogen (secondary N) is 1. The maximum absolute atomic E-state index is 12.6. The topological polar surface area (TPSA) is 75.4 Å². The summed E-state index contributed by atoms with van der Waals surface area (Å²) < 4.78 is 0. The van der Waals surface area contributed by atoms with E-state index in [0.717, 1.165) is 24.8 Å². The summed E-state index contributed by atoms with van der Waals surface area (Å²) in [5.41, 5.74) is 6.89. The summed E-state index contributed by atoms with van der Waals surface area (Å²) >= 11 is 0. The third kappa shape index (κ3) is 3.46. The van der Waals surface area contributed by atoms with Gasteiger partial charge in [0, 0.05) is 19.0 Å². The van der Waals surface area contributed by atoms with E-state index in [1.54, 1.807) is 0 Å². The lowest BCUT2D eigenvalue weighted by atomic mass is 10.0. The molecule has 4 atom stereocenters. The second-order valence-corrected chi connectivity index (χ2v) is 7.08. The van der Waals surface area contributed by atoms with E-state index in [4.69, 9.17) is 5.73 Å². The Morgan fingerprint density at radius 3 is 2.79 bits per heavy atom. The van der Waals surface area contributed by atoms with Crippen molar-refractivity contribution in [3.05, 3.63) is 35.9 Å². The van der Waals surface area contributed by atoms with Crippen LogP contribution in [0.5, 0.6) is 0 Å². The van der Waals surface area contributed by atoms with Crippen molar-refractivity contribution in [2.75, 3.05) is 13.1 Å². The Balaban J connectivity index is 1.61. The van der Waals surface area contributed by atoms with Crippen LogP contribution in [0.2, 0.25) is 0 Å². The second kappa shape index (κ2) is 7.34. The molecule has 3 N–H and O–H groups in total. The lowest BCUT2D eigenvalue weighted by Crippen LogP contribution is -2.43. The highest BCUT2D eigenvalue weighted by Crippen LogP contribution is 2.30. The first-order valence-electron chi connectivity index (χ1n) is 8.95. The van der Waals surface area contributed by atoms with Gasteiger partial charge >= 0.3 is 0 Å². The quantitative estimate of drug-likeness (QED) is 0.865. The summed E-state index contributed by atoms with van der Waals surface area (Å²) in [7, 11) is 0. The fourth-order valence-electron chi connectivity index (χ4n) is 4.00. The highest BCUT2D eigenvalue weighted by Gasteiger charge is 2.38. The average molecular weight is 329 g/mol. The molecule has 1 saturated carbocycles. The van der Waals surface area contributed by atoms with Crippen LogP contribution in [-0.4, -0.2) is 35.8 Å². The molecule has 1 aromatic rings. The van der Waals surface area contributed by atoms with Gasteiger partial charge in [-0.1, -0.05) is 36.8 Å². The lowest BCUT2D eigenvalue weighted by molar-refractivity contribution is -0.130. The van der Waals surface area contributed by atoms with E-state index in [1.807, 2.05) is 42.2 Å². The van der Waals surface area contributed by atoms with Gasteiger partial charge in [0.15, 0.2) is 0 Å². The van der Waals surface area contributed by atoms with Gasteiger partial charge in [-0.15, -0.1) is 0 Å². The molecule has 0 spiro atoms. The van der Waals surface area contributed by atoms with Crippen LogP contribution in [0.4, 0.5) is 0 Å². The van der Waals surface area contributed by atoms with Crippen molar-refractivity contribution in [3.8, 4) is 0 Å². The summed E-state index contributed by atoms with van der Waals surface area (Å²) in [6, 6.07) is 10.1. The minimum atomic E-state index is -0.248. The summed E-state index contributed by atoms with van der Waals surface area (Å²) in [5.74, 6) is 0.206. The highest BCUT2D eigenvalue weighted by molar-refractivity contribution is 5.89. The molecular weight excluding hydrogens is 302 g/mol. The number of benzene rings is 1. The monoisotopic (exact) mass is 329 g/mol. The van der Waals surface area contributed by atoms with E-state index in [1.165, 1.54) is 0 Å². The Morgan fingerprint density at radius 1 is 1.33 bits per heavy atom. The minimum Gasteiger partial charge on any atom is -0.353 e. The van der Waals surface area contributed by atoms with Crippen molar-refractivity contribution in [2.24, 2.45) is 17.6 Å². The number of carbonyl (C=O) groups is 2. The number of likely N-dealkylation sites (tertiary alicyclic amines) is 1. The predicted octanol–water partition coefficient (Wildman–Crippen LogP) is 1.84. The zero-order chi connectivity index (χ0) is 17.1. The van der Waals surface area contributed by atoms with Crippen molar-refractivity contribution in [1.82, 2.24) is 10.2 Å². The molecule has 2 amide bonds. The van der Waals surface area contributed by atoms with Crippen LogP contribution >= 0.6 is 0 Å². The molecule has 24 heavy (non-hydrogen) atoms. The van der Waals surface area contributed by atoms with Crippen LogP contribution in [0.1, 0.15) is 44.2 Å². The first-order chi connectivity index (χ1) is 11.6. The number of carbonyl (C=O) groups excluding carboxylic acids is 2. The smallest absolute Gasteiger partial charge is 0.225 e. The van der Waals surface area contributed by atoms with Crippen LogP contribution in [0, 0.1) is 11.8 Å². The number of nitrogens with zero attached hydrogens (tertiary/aromatic N) is 1. The Morgan fingerprint density at radius 2 is 2.08 bits per heavy atom. The lowest BCUT2D eigenvalue weighted by Gasteiger charge is -2.25. The van der Waals surface area contributed by atoms with Crippen molar-refractivity contribution < 1.29 is 9.59 Å². The van der Waals surface area contributed by atoms with Gasteiger partial charge in [-0.2, -0.15) is 0 Å². The fourth-order valence-corrected chi connectivity index (χ4v) is 4.00. The Hall–Kier alpha value is -1.88. The maximum Gasteiger partial charge on any atom is 0.225 e. The van der Waals surface area contributed by atoms with E-state index < -0.39 is 0 Å². The van der Waals surface area contributed by atoms with Gasteiger partial charge < -0.3 is 16.0 Å². The molecule has 1 aromatic carbocycles. The van der Waals surface area contributed by atoms with Gasteiger partial charge in [0.1, 0.15) is 0 Å². The standard InChI is InChI=1S/C19H27N3O2/c1-13(14-6-3-2-4-7-14)22-12-16(10-18(22)23)19(24)21-17-9-5-8-15(17)11-20/h2-4,6-7,13,15-17H,5,8-12,20H2,1H3,(H,21,24). The molecule has 0 radical (unpaired) electrons. The van der Waals surface area contributed by atoms with E-state index in [0.29, 0.717) is 25.4 Å². The number of nitrogens with two attached hydrogens (primary N) is 1. The molecule has 5 heteroatoms. The molecule has 1 heterocycles. The number of amides is 2. The van der Waals surface area contributed by atoms with Crippen LogP contribution in [-0.2, 0) is 9.59 Å². The normalized spacial score (nSPS) is 28.2. The third-order valence-corrected chi connectivity index (χ3v) is 5.57. The fraction of sp³-hybridized carbons (Fsp3) is 0.579. The summed E-state index contributed by atoms with van der Waals surface area (Å²) in [6.07, 6.45) is 3.51. The molecule has 130 valence electrons. The molecule has 2 fully saturated rings. The Bertz CT molecular complexity index is 590. The van der Waals surface area contributed by atoms with E-state index in [9.17, 15) is 9.59 Å². The van der Waals surface area contributed by atoms with E-state index in [2.05, 4.69) is 5.32 Å². The van der Waals surface area contributed by atoms with Crippen LogP contribution in [0.25, 0.3) is 0 Å². The molecule has 2 aliphatic rings. The Labute approximate surface area is 143 Å². The molecule has 1 aliphatic heterocycles. The second-order valence-electron chi connectivity index (χ2n) is 7.08. The molecule has 0 aromatic heterocycles. The maximum atomic E-state index is 12.6. The summed E-state index contributed by atoms with van der Waals surface area (Å²) in [4.78, 5) is 26.8. The molecular formula is C19H27N3O2. The first-order valence-corrected chi connectivity index (χ1v) is 8.95. The molecule has 1 aliphatic carbocycles. The minimum absolute atomic E-state index is 0.000212. The predicted molar refractivity (Wildman–Crippen MR) is 93.0 cm³/mol. The first kappa shape index (κ1) is 17.0. The van der Waals surface area contributed by atoms with Gasteiger partial charge in [-0.3, -0.25) is 9.59 Å². The van der Waals surface area contributed by atoms with Crippen LogP contribution in [0.15, 0.2) is 30.3 Å². The van der Waals surface area contributed by atoms with Gasteiger partial charge in [-0.25, -0.2) is 0 Å². The zero-order valence-corrected chi connectivity index (χ0v) is 14.3. The molecule has 3 rings (SSSR count). The zero-order valence-electron chi connectivity index (χ0n) is 14.3.